The second-order valence-electron chi connectivity index (χ2n) is 6.36. The number of aliphatic imine (C=N–C) groups is 1. The fraction of sp³-hybridized carbons (Fsp3) is 0.875. The fourth-order valence-corrected chi connectivity index (χ4v) is 3.24. The summed E-state index contributed by atoms with van der Waals surface area (Å²) < 4.78 is 0. The van der Waals surface area contributed by atoms with Gasteiger partial charge in [0.1, 0.15) is 0 Å². The number of hydrogen-bond acceptors (Lipinski definition) is 2. The molecule has 2 fully saturated rings. The predicted octanol–water partition coefficient (Wildman–Crippen LogP) is 2.36. The summed E-state index contributed by atoms with van der Waals surface area (Å²) in [7, 11) is 0. The maximum atomic E-state index is 11.6. The normalized spacial score (nSPS) is 19.5. The van der Waals surface area contributed by atoms with Crippen molar-refractivity contribution >= 4 is 35.8 Å². The van der Waals surface area contributed by atoms with Crippen molar-refractivity contribution < 1.29 is 4.79 Å². The lowest BCUT2D eigenvalue weighted by Gasteiger charge is -2.38. The smallest absolute Gasteiger partial charge is 0.221 e. The zero-order valence-electron chi connectivity index (χ0n) is 14.0. The molecule has 1 amide bonds. The molecule has 0 aromatic rings. The number of likely N-dealkylation sites (tertiary alicyclic amines) is 1. The Labute approximate surface area is 151 Å². The molecule has 1 spiro atoms. The highest BCUT2D eigenvalue weighted by molar-refractivity contribution is 14.0. The molecule has 128 valence electrons. The van der Waals surface area contributed by atoms with Crippen molar-refractivity contribution in [1.82, 2.24) is 15.5 Å². The Kier molecular flexibility index (Phi) is 8.49. The summed E-state index contributed by atoms with van der Waals surface area (Å²) >= 11 is 0. The Bertz CT molecular complexity index is 382. The van der Waals surface area contributed by atoms with Gasteiger partial charge in [0.15, 0.2) is 5.96 Å². The van der Waals surface area contributed by atoms with E-state index in [4.69, 9.17) is 0 Å². The average molecular weight is 422 g/mol. The van der Waals surface area contributed by atoms with E-state index in [2.05, 4.69) is 34.4 Å². The molecule has 2 rings (SSSR count). The lowest BCUT2D eigenvalue weighted by Crippen LogP contribution is -2.42. The molecule has 0 aromatic carbocycles. The Morgan fingerprint density at radius 3 is 2.55 bits per heavy atom. The maximum absolute atomic E-state index is 11.6. The van der Waals surface area contributed by atoms with Crippen LogP contribution < -0.4 is 10.6 Å². The lowest BCUT2D eigenvalue weighted by molar-refractivity contribution is -0.120. The van der Waals surface area contributed by atoms with Gasteiger partial charge >= 0.3 is 0 Å². The van der Waals surface area contributed by atoms with Gasteiger partial charge in [-0.3, -0.25) is 9.79 Å². The number of guanidine groups is 1. The molecule has 1 saturated carbocycles. The minimum Gasteiger partial charge on any atom is -0.357 e. The van der Waals surface area contributed by atoms with Crippen LogP contribution in [0.15, 0.2) is 4.99 Å². The summed E-state index contributed by atoms with van der Waals surface area (Å²) in [6, 6.07) is 0. The third-order valence-corrected chi connectivity index (χ3v) is 4.66. The van der Waals surface area contributed by atoms with Crippen molar-refractivity contribution in [1.29, 1.82) is 0 Å². The first-order chi connectivity index (χ1) is 10.2. The van der Waals surface area contributed by atoms with Crippen molar-refractivity contribution in [2.45, 2.75) is 52.4 Å². The molecule has 6 heteroatoms. The van der Waals surface area contributed by atoms with Crippen LogP contribution in [0.5, 0.6) is 0 Å². The van der Waals surface area contributed by atoms with Gasteiger partial charge in [-0.25, -0.2) is 0 Å². The van der Waals surface area contributed by atoms with Crippen LogP contribution in [0.25, 0.3) is 0 Å². The van der Waals surface area contributed by atoms with Crippen LogP contribution in [0.4, 0.5) is 0 Å². The maximum Gasteiger partial charge on any atom is 0.221 e. The van der Waals surface area contributed by atoms with Gasteiger partial charge in [0.05, 0.1) is 6.54 Å². The van der Waals surface area contributed by atoms with Gasteiger partial charge in [-0.15, -0.1) is 24.0 Å². The van der Waals surface area contributed by atoms with Crippen LogP contribution in [-0.4, -0.2) is 49.5 Å². The fourth-order valence-electron chi connectivity index (χ4n) is 3.24. The standard InChI is InChI=1S/C16H30N4O.HI/c1-3-10-18-14(21)6-11-19-15(17-4-2)20-12-9-16(13-20)7-5-8-16;/h3-13H2,1-2H3,(H,17,19)(H,18,21);1H. The third-order valence-electron chi connectivity index (χ3n) is 4.66. The van der Waals surface area contributed by atoms with E-state index in [-0.39, 0.29) is 29.9 Å². The quantitative estimate of drug-likeness (QED) is 0.393. The van der Waals surface area contributed by atoms with Crippen LogP contribution in [0.2, 0.25) is 0 Å². The van der Waals surface area contributed by atoms with Crippen molar-refractivity contribution in [2.24, 2.45) is 10.4 Å². The molecule has 1 heterocycles. The molecule has 5 nitrogen and oxygen atoms in total. The van der Waals surface area contributed by atoms with Gasteiger partial charge < -0.3 is 15.5 Å². The summed E-state index contributed by atoms with van der Waals surface area (Å²) in [4.78, 5) is 18.6. The highest BCUT2D eigenvalue weighted by Gasteiger charge is 2.43. The molecule has 0 radical (unpaired) electrons. The van der Waals surface area contributed by atoms with Gasteiger partial charge in [0.2, 0.25) is 5.91 Å². The lowest BCUT2D eigenvalue weighted by atomic mass is 9.68. The number of nitrogens with zero attached hydrogens (tertiary/aromatic N) is 2. The number of carbonyl (C=O) groups is 1. The van der Waals surface area contributed by atoms with Crippen molar-refractivity contribution in [3.8, 4) is 0 Å². The van der Waals surface area contributed by atoms with E-state index in [0.717, 1.165) is 38.6 Å². The first-order valence-electron chi connectivity index (χ1n) is 8.49. The van der Waals surface area contributed by atoms with Crippen molar-refractivity contribution in [2.75, 3.05) is 32.7 Å². The van der Waals surface area contributed by atoms with E-state index in [1.807, 2.05) is 0 Å². The van der Waals surface area contributed by atoms with Gasteiger partial charge in [0, 0.05) is 32.6 Å². The first kappa shape index (κ1) is 19.5. The minimum atomic E-state index is 0. The molecule has 0 unspecified atom stereocenters. The first-order valence-corrected chi connectivity index (χ1v) is 8.49. The second kappa shape index (κ2) is 9.57. The Hall–Kier alpha value is -0.530. The Morgan fingerprint density at radius 2 is 2.00 bits per heavy atom. The monoisotopic (exact) mass is 422 g/mol. The van der Waals surface area contributed by atoms with E-state index < -0.39 is 0 Å². The summed E-state index contributed by atoms with van der Waals surface area (Å²) in [6.07, 6.45) is 6.90. The summed E-state index contributed by atoms with van der Waals surface area (Å²) in [6.45, 7) is 8.61. The third kappa shape index (κ3) is 5.28. The minimum absolute atomic E-state index is 0. The zero-order chi connectivity index (χ0) is 15.1. The number of hydrogen-bond donors (Lipinski definition) is 2. The number of rotatable bonds is 6. The number of halogens is 1. The van der Waals surface area contributed by atoms with Crippen molar-refractivity contribution in [3.63, 3.8) is 0 Å². The summed E-state index contributed by atoms with van der Waals surface area (Å²) in [5, 5.41) is 6.27. The van der Waals surface area contributed by atoms with Gasteiger partial charge in [0.25, 0.3) is 0 Å². The number of amides is 1. The van der Waals surface area contributed by atoms with E-state index in [9.17, 15) is 4.79 Å². The Morgan fingerprint density at radius 1 is 1.23 bits per heavy atom. The SMILES string of the molecule is CCCNC(=O)CCN=C(NCC)N1CCC2(CCC2)C1.I. The highest BCUT2D eigenvalue weighted by Crippen LogP contribution is 2.47. The average Bonchev–Trinajstić information content (AvgIpc) is 2.89. The van der Waals surface area contributed by atoms with Crippen LogP contribution in [-0.2, 0) is 4.79 Å². The highest BCUT2D eigenvalue weighted by atomic mass is 127. The molecule has 0 atom stereocenters. The van der Waals surface area contributed by atoms with Crippen LogP contribution in [0.3, 0.4) is 0 Å². The molecule has 1 aliphatic carbocycles. The molecule has 0 aromatic heterocycles. The summed E-state index contributed by atoms with van der Waals surface area (Å²) in [5.41, 5.74) is 0.578. The molecule has 22 heavy (non-hydrogen) atoms. The van der Waals surface area contributed by atoms with Crippen LogP contribution >= 0.6 is 24.0 Å². The van der Waals surface area contributed by atoms with Crippen LogP contribution in [0.1, 0.15) is 52.4 Å². The van der Waals surface area contributed by atoms with Crippen LogP contribution in [0, 0.1) is 5.41 Å². The van der Waals surface area contributed by atoms with Crippen molar-refractivity contribution in [3.05, 3.63) is 0 Å². The molecular formula is C16H31IN4O. The van der Waals surface area contributed by atoms with E-state index >= 15 is 0 Å². The van der Waals surface area contributed by atoms with E-state index in [0.29, 0.717) is 18.4 Å². The predicted molar refractivity (Wildman–Crippen MR) is 102 cm³/mol. The Balaban J connectivity index is 0.00000242. The van der Waals surface area contributed by atoms with Gasteiger partial charge in [-0.05, 0) is 38.0 Å². The molecule has 2 N–H and O–H groups in total. The largest absolute Gasteiger partial charge is 0.357 e. The number of nitrogens with one attached hydrogen (secondary N) is 2. The summed E-state index contributed by atoms with van der Waals surface area (Å²) in [5.74, 6) is 1.10. The molecule has 1 aliphatic heterocycles. The molecule has 0 bridgehead atoms. The number of carbonyl (C=O) groups excluding carboxylic acids is 1. The second-order valence-corrected chi connectivity index (χ2v) is 6.36. The van der Waals surface area contributed by atoms with Gasteiger partial charge in [-0.1, -0.05) is 13.3 Å². The molecular weight excluding hydrogens is 391 g/mol. The van der Waals surface area contributed by atoms with Gasteiger partial charge in [-0.2, -0.15) is 0 Å². The molecule has 2 aliphatic rings. The molecule has 1 saturated heterocycles. The zero-order valence-corrected chi connectivity index (χ0v) is 16.3. The van der Waals surface area contributed by atoms with E-state index in [1.54, 1.807) is 0 Å². The van der Waals surface area contributed by atoms with E-state index in [1.165, 1.54) is 25.7 Å². The topological polar surface area (TPSA) is 56.7 Å².